The molecule has 0 amide bonds. The van der Waals surface area contributed by atoms with Crippen molar-refractivity contribution >= 4 is 23.2 Å². The van der Waals surface area contributed by atoms with Crippen LogP contribution in [0.25, 0.3) is 0 Å². The molecule has 1 nitrogen and oxygen atoms in total. The van der Waals surface area contributed by atoms with Gasteiger partial charge in [0.1, 0.15) is 0 Å². The highest BCUT2D eigenvalue weighted by Crippen LogP contribution is 2.26. The molecule has 0 aliphatic rings. The number of aryl methyl sites for hydroxylation is 1. The van der Waals surface area contributed by atoms with Gasteiger partial charge in [0, 0.05) is 22.6 Å². The zero-order valence-electron chi connectivity index (χ0n) is 11.1. The van der Waals surface area contributed by atoms with Crippen molar-refractivity contribution in [2.75, 3.05) is 0 Å². The molecule has 0 fully saturated rings. The van der Waals surface area contributed by atoms with Crippen LogP contribution in [0.4, 0.5) is 0 Å². The van der Waals surface area contributed by atoms with Gasteiger partial charge in [0.25, 0.3) is 0 Å². The van der Waals surface area contributed by atoms with E-state index < -0.39 is 0 Å². The van der Waals surface area contributed by atoms with Gasteiger partial charge in [0.15, 0.2) is 0 Å². The SMILES string of the molecule is Cc1ccc(CNC(C)c2cc(Cl)ccc2Cl)cc1. The predicted octanol–water partition coefficient (Wildman–Crippen LogP) is 5.15. The summed E-state index contributed by atoms with van der Waals surface area (Å²) >= 11 is 12.2. The van der Waals surface area contributed by atoms with Crippen LogP contribution in [0.3, 0.4) is 0 Å². The summed E-state index contributed by atoms with van der Waals surface area (Å²) in [5.74, 6) is 0. The van der Waals surface area contributed by atoms with Gasteiger partial charge in [-0.2, -0.15) is 0 Å². The van der Waals surface area contributed by atoms with Gasteiger partial charge in [0.2, 0.25) is 0 Å². The van der Waals surface area contributed by atoms with E-state index in [-0.39, 0.29) is 6.04 Å². The monoisotopic (exact) mass is 293 g/mol. The Morgan fingerprint density at radius 1 is 1.05 bits per heavy atom. The van der Waals surface area contributed by atoms with Crippen LogP contribution in [0, 0.1) is 6.92 Å². The molecule has 0 aliphatic carbocycles. The molecule has 0 bridgehead atoms. The van der Waals surface area contributed by atoms with E-state index in [2.05, 4.69) is 43.4 Å². The van der Waals surface area contributed by atoms with Crippen LogP contribution in [0.15, 0.2) is 42.5 Å². The number of hydrogen-bond acceptors (Lipinski definition) is 1. The molecule has 1 unspecified atom stereocenters. The molecule has 0 saturated carbocycles. The van der Waals surface area contributed by atoms with Gasteiger partial charge >= 0.3 is 0 Å². The Morgan fingerprint density at radius 3 is 2.42 bits per heavy atom. The zero-order chi connectivity index (χ0) is 13.8. The van der Waals surface area contributed by atoms with Crippen molar-refractivity contribution in [1.82, 2.24) is 5.32 Å². The van der Waals surface area contributed by atoms with E-state index in [1.807, 2.05) is 12.1 Å². The first kappa shape index (κ1) is 14.4. The van der Waals surface area contributed by atoms with Gasteiger partial charge in [0.05, 0.1) is 0 Å². The maximum absolute atomic E-state index is 6.19. The second-order valence-electron chi connectivity index (χ2n) is 4.75. The Kier molecular flexibility index (Phi) is 4.87. The van der Waals surface area contributed by atoms with Crippen molar-refractivity contribution in [3.63, 3.8) is 0 Å². The van der Waals surface area contributed by atoms with E-state index in [0.29, 0.717) is 5.02 Å². The number of rotatable bonds is 4. The molecule has 100 valence electrons. The lowest BCUT2D eigenvalue weighted by Gasteiger charge is -2.16. The highest BCUT2D eigenvalue weighted by atomic mass is 35.5. The average molecular weight is 294 g/mol. The molecular weight excluding hydrogens is 277 g/mol. The Labute approximate surface area is 124 Å². The third kappa shape index (κ3) is 3.97. The second-order valence-corrected chi connectivity index (χ2v) is 5.60. The van der Waals surface area contributed by atoms with Crippen molar-refractivity contribution in [3.8, 4) is 0 Å². The molecular formula is C16H17Cl2N. The van der Waals surface area contributed by atoms with Gasteiger partial charge in [-0.3, -0.25) is 0 Å². The lowest BCUT2D eigenvalue weighted by atomic mass is 10.1. The smallest absolute Gasteiger partial charge is 0.0454 e. The molecule has 2 aromatic carbocycles. The van der Waals surface area contributed by atoms with E-state index in [4.69, 9.17) is 23.2 Å². The molecule has 2 aromatic rings. The van der Waals surface area contributed by atoms with Crippen LogP contribution in [0.2, 0.25) is 10.0 Å². The zero-order valence-corrected chi connectivity index (χ0v) is 12.6. The van der Waals surface area contributed by atoms with E-state index in [1.165, 1.54) is 11.1 Å². The Hall–Kier alpha value is -1.02. The Balaban J connectivity index is 2.03. The van der Waals surface area contributed by atoms with Crippen LogP contribution >= 0.6 is 23.2 Å². The summed E-state index contributed by atoms with van der Waals surface area (Å²) in [7, 11) is 0. The van der Waals surface area contributed by atoms with Crippen LogP contribution in [-0.4, -0.2) is 0 Å². The van der Waals surface area contributed by atoms with Crippen molar-refractivity contribution in [2.45, 2.75) is 26.4 Å². The number of nitrogens with one attached hydrogen (secondary N) is 1. The molecule has 0 spiro atoms. The highest BCUT2D eigenvalue weighted by Gasteiger charge is 2.09. The molecule has 19 heavy (non-hydrogen) atoms. The van der Waals surface area contributed by atoms with Crippen molar-refractivity contribution in [3.05, 3.63) is 69.2 Å². The molecule has 2 rings (SSSR count). The molecule has 0 aromatic heterocycles. The summed E-state index contributed by atoms with van der Waals surface area (Å²) in [6.07, 6.45) is 0. The first-order chi connectivity index (χ1) is 9.06. The summed E-state index contributed by atoms with van der Waals surface area (Å²) in [5, 5.41) is 4.91. The standard InChI is InChI=1S/C16H17Cl2N/c1-11-3-5-13(6-4-11)10-19-12(2)15-9-14(17)7-8-16(15)18/h3-9,12,19H,10H2,1-2H3. The minimum atomic E-state index is 0.160. The lowest BCUT2D eigenvalue weighted by molar-refractivity contribution is 0.575. The topological polar surface area (TPSA) is 12.0 Å². The molecule has 0 radical (unpaired) electrons. The van der Waals surface area contributed by atoms with Crippen LogP contribution in [0.5, 0.6) is 0 Å². The summed E-state index contributed by atoms with van der Waals surface area (Å²) in [6.45, 7) is 4.99. The first-order valence-corrected chi connectivity index (χ1v) is 7.06. The van der Waals surface area contributed by atoms with E-state index in [1.54, 1.807) is 6.07 Å². The Morgan fingerprint density at radius 2 is 1.74 bits per heavy atom. The van der Waals surface area contributed by atoms with Crippen molar-refractivity contribution in [2.24, 2.45) is 0 Å². The van der Waals surface area contributed by atoms with Gasteiger partial charge in [-0.05, 0) is 43.2 Å². The minimum Gasteiger partial charge on any atom is -0.306 e. The Bertz CT molecular complexity index is 549. The molecule has 3 heteroatoms. The van der Waals surface area contributed by atoms with Gasteiger partial charge < -0.3 is 5.32 Å². The summed E-state index contributed by atoms with van der Waals surface area (Å²) in [5.41, 5.74) is 3.56. The lowest BCUT2D eigenvalue weighted by Crippen LogP contribution is -2.18. The quantitative estimate of drug-likeness (QED) is 0.822. The third-order valence-corrected chi connectivity index (χ3v) is 3.74. The second kappa shape index (κ2) is 6.42. The fourth-order valence-electron chi connectivity index (χ4n) is 1.93. The molecule has 0 aliphatic heterocycles. The fraction of sp³-hybridized carbons (Fsp3) is 0.250. The van der Waals surface area contributed by atoms with Crippen LogP contribution < -0.4 is 5.32 Å². The van der Waals surface area contributed by atoms with Gasteiger partial charge in [-0.25, -0.2) is 0 Å². The van der Waals surface area contributed by atoms with Crippen LogP contribution in [-0.2, 0) is 6.54 Å². The van der Waals surface area contributed by atoms with Crippen molar-refractivity contribution in [1.29, 1.82) is 0 Å². The fourth-order valence-corrected chi connectivity index (χ4v) is 2.40. The largest absolute Gasteiger partial charge is 0.306 e. The summed E-state index contributed by atoms with van der Waals surface area (Å²) in [6, 6.07) is 14.2. The average Bonchev–Trinajstić information content (AvgIpc) is 2.40. The number of halogens is 2. The van der Waals surface area contributed by atoms with Gasteiger partial charge in [-0.1, -0.05) is 53.0 Å². The molecule has 1 N–H and O–H groups in total. The summed E-state index contributed by atoms with van der Waals surface area (Å²) < 4.78 is 0. The van der Waals surface area contributed by atoms with E-state index in [9.17, 15) is 0 Å². The molecule has 1 atom stereocenters. The minimum absolute atomic E-state index is 0.160. The maximum Gasteiger partial charge on any atom is 0.0454 e. The first-order valence-electron chi connectivity index (χ1n) is 6.30. The van der Waals surface area contributed by atoms with E-state index in [0.717, 1.165) is 17.1 Å². The molecule has 0 heterocycles. The van der Waals surface area contributed by atoms with Gasteiger partial charge in [-0.15, -0.1) is 0 Å². The van der Waals surface area contributed by atoms with Crippen molar-refractivity contribution < 1.29 is 0 Å². The normalized spacial score (nSPS) is 12.4. The third-order valence-electron chi connectivity index (χ3n) is 3.16. The number of hydrogen-bond donors (Lipinski definition) is 1. The number of benzene rings is 2. The predicted molar refractivity (Wildman–Crippen MR) is 82.9 cm³/mol. The maximum atomic E-state index is 6.19. The van der Waals surface area contributed by atoms with Crippen LogP contribution in [0.1, 0.15) is 29.7 Å². The van der Waals surface area contributed by atoms with E-state index >= 15 is 0 Å². The summed E-state index contributed by atoms with van der Waals surface area (Å²) in [4.78, 5) is 0. The highest BCUT2D eigenvalue weighted by molar-refractivity contribution is 6.33. The molecule has 0 saturated heterocycles.